The lowest BCUT2D eigenvalue weighted by Gasteiger charge is -2.16. The molecule has 0 bridgehead atoms. The van der Waals surface area contributed by atoms with Gasteiger partial charge in [-0.1, -0.05) is 49.4 Å². The lowest BCUT2D eigenvalue weighted by molar-refractivity contribution is -0.116. The number of nitrogens with one attached hydrogen (secondary N) is 3. The number of aryl methyl sites for hydroxylation is 2. The van der Waals surface area contributed by atoms with Crippen LogP contribution in [0.4, 0.5) is 11.4 Å². The van der Waals surface area contributed by atoms with Gasteiger partial charge in [0.15, 0.2) is 10.9 Å². The molecule has 2 aromatic carbocycles. The number of anilines is 2. The first-order valence-corrected chi connectivity index (χ1v) is 12.0. The van der Waals surface area contributed by atoms with Crippen molar-refractivity contribution in [2.75, 3.05) is 10.6 Å². The summed E-state index contributed by atoms with van der Waals surface area (Å²) in [6, 6.07) is 11.1. The van der Waals surface area contributed by atoms with Gasteiger partial charge in [0.05, 0.1) is 10.9 Å². The Morgan fingerprint density at radius 1 is 1.03 bits per heavy atom. The fourth-order valence-corrected chi connectivity index (χ4v) is 4.15. The van der Waals surface area contributed by atoms with E-state index in [4.69, 9.17) is 0 Å². The molecule has 0 fully saturated rings. The van der Waals surface area contributed by atoms with E-state index in [2.05, 4.69) is 25.8 Å². The number of carbonyl (C=O) groups is 2. The standard InChI is InChI=1S/C25H29N5O3S/c1-6-20(23(32)27-18-10-8-9-15(4)16(18)5)34-25-28-24(33)22(29-30-25)17-13-14(3)11-12-19(17)26-21(31)7-2/h8-13,20H,6-7H2,1-5H3,(H,26,31)(H,27,32)(H,28,30,33)/t20-/m1/s1. The average Bonchev–Trinajstić information content (AvgIpc) is 2.81. The Labute approximate surface area is 203 Å². The van der Waals surface area contributed by atoms with Gasteiger partial charge >= 0.3 is 0 Å². The van der Waals surface area contributed by atoms with Crippen molar-refractivity contribution in [3.05, 3.63) is 63.4 Å². The maximum atomic E-state index is 12.9. The van der Waals surface area contributed by atoms with Crippen molar-refractivity contribution in [3.8, 4) is 11.3 Å². The molecule has 0 aliphatic carbocycles. The molecule has 0 saturated carbocycles. The number of rotatable bonds is 8. The molecule has 0 aliphatic rings. The molecule has 9 heteroatoms. The van der Waals surface area contributed by atoms with Crippen molar-refractivity contribution < 1.29 is 9.59 Å². The first-order valence-electron chi connectivity index (χ1n) is 11.1. The van der Waals surface area contributed by atoms with Crippen molar-refractivity contribution in [2.24, 2.45) is 0 Å². The Bertz CT molecular complexity index is 1270. The van der Waals surface area contributed by atoms with Crippen LogP contribution in [0.5, 0.6) is 0 Å². The summed E-state index contributed by atoms with van der Waals surface area (Å²) in [4.78, 5) is 40.4. The van der Waals surface area contributed by atoms with Gasteiger partial charge in [0.2, 0.25) is 11.8 Å². The average molecular weight is 480 g/mol. The fraction of sp³-hybridized carbons (Fsp3) is 0.320. The molecule has 3 aromatic rings. The number of aromatic nitrogens is 3. The molecule has 8 nitrogen and oxygen atoms in total. The van der Waals surface area contributed by atoms with Crippen LogP contribution in [0.15, 0.2) is 46.3 Å². The third-order valence-corrected chi connectivity index (χ3v) is 6.72. The summed E-state index contributed by atoms with van der Waals surface area (Å²) >= 11 is 1.15. The molecule has 0 spiro atoms. The highest BCUT2D eigenvalue weighted by Crippen LogP contribution is 2.27. The summed E-state index contributed by atoms with van der Waals surface area (Å²) in [6.45, 7) is 9.49. The van der Waals surface area contributed by atoms with Crippen molar-refractivity contribution in [2.45, 2.75) is 57.9 Å². The Kier molecular flexibility index (Phi) is 8.22. The number of hydrogen-bond acceptors (Lipinski definition) is 6. The van der Waals surface area contributed by atoms with Crippen LogP contribution in [-0.2, 0) is 9.59 Å². The third kappa shape index (κ3) is 5.91. The minimum atomic E-state index is -0.464. The van der Waals surface area contributed by atoms with E-state index in [1.165, 1.54) is 0 Å². The quantitative estimate of drug-likeness (QED) is 0.406. The smallest absolute Gasteiger partial charge is 0.278 e. The number of aromatic amines is 1. The summed E-state index contributed by atoms with van der Waals surface area (Å²) in [5, 5.41) is 13.9. The van der Waals surface area contributed by atoms with E-state index in [9.17, 15) is 14.4 Å². The second-order valence-corrected chi connectivity index (χ2v) is 9.20. The van der Waals surface area contributed by atoms with Crippen molar-refractivity contribution >= 4 is 35.0 Å². The monoisotopic (exact) mass is 479 g/mol. The SMILES string of the molecule is CCC(=O)Nc1ccc(C)cc1-c1nnc(S[C@H](CC)C(=O)Nc2cccc(C)c2C)[nH]c1=O. The van der Waals surface area contributed by atoms with E-state index in [1.54, 1.807) is 19.1 Å². The number of H-pyrrole nitrogens is 1. The number of thioether (sulfide) groups is 1. The predicted molar refractivity (Wildman–Crippen MR) is 136 cm³/mol. The number of nitrogens with zero attached hydrogens (tertiary/aromatic N) is 2. The van der Waals surface area contributed by atoms with E-state index >= 15 is 0 Å². The molecule has 0 saturated heterocycles. The van der Waals surface area contributed by atoms with Crippen LogP contribution in [0.25, 0.3) is 11.3 Å². The Hall–Kier alpha value is -3.46. The highest BCUT2D eigenvalue weighted by atomic mass is 32.2. The molecule has 178 valence electrons. The molecule has 1 heterocycles. The third-order valence-electron chi connectivity index (χ3n) is 5.48. The van der Waals surface area contributed by atoms with Gasteiger partial charge in [-0.25, -0.2) is 0 Å². The predicted octanol–water partition coefficient (Wildman–Crippen LogP) is 4.62. The minimum Gasteiger partial charge on any atom is -0.325 e. The highest BCUT2D eigenvalue weighted by molar-refractivity contribution is 8.00. The van der Waals surface area contributed by atoms with E-state index in [1.807, 2.05) is 52.0 Å². The normalized spacial score (nSPS) is 11.7. The van der Waals surface area contributed by atoms with Crippen LogP contribution >= 0.6 is 11.8 Å². The first-order chi connectivity index (χ1) is 16.2. The zero-order valence-corrected chi connectivity index (χ0v) is 20.8. The largest absolute Gasteiger partial charge is 0.325 e. The Balaban J connectivity index is 1.83. The van der Waals surface area contributed by atoms with E-state index < -0.39 is 10.8 Å². The molecule has 2 amide bonds. The Morgan fingerprint density at radius 2 is 1.79 bits per heavy atom. The second-order valence-electron chi connectivity index (χ2n) is 8.01. The van der Waals surface area contributed by atoms with Crippen LogP contribution in [0, 0.1) is 20.8 Å². The van der Waals surface area contributed by atoms with Gasteiger partial charge in [0.25, 0.3) is 5.56 Å². The summed E-state index contributed by atoms with van der Waals surface area (Å²) in [6.07, 6.45) is 0.853. The van der Waals surface area contributed by atoms with Crippen LogP contribution in [0.2, 0.25) is 0 Å². The minimum absolute atomic E-state index is 0.104. The molecule has 1 atom stereocenters. The van der Waals surface area contributed by atoms with Gasteiger partial charge in [0.1, 0.15) is 0 Å². The van der Waals surface area contributed by atoms with E-state index in [-0.39, 0.29) is 22.7 Å². The molecule has 0 radical (unpaired) electrons. The molecule has 3 rings (SSSR count). The fourth-order valence-electron chi connectivity index (χ4n) is 3.31. The highest BCUT2D eigenvalue weighted by Gasteiger charge is 2.21. The number of amides is 2. The zero-order valence-electron chi connectivity index (χ0n) is 20.0. The maximum Gasteiger partial charge on any atom is 0.278 e. The van der Waals surface area contributed by atoms with Gasteiger partial charge in [-0.15, -0.1) is 10.2 Å². The van der Waals surface area contributed by atoms with Crippen molar-refractivity contribution in [1.82, 2.24) is 15.2 Å². The van der Waals surface area contributed by atoms with Gasteiger partial charge in [-0.3, -0.25) is 19.4 Å². The zero-order chi connectivity index (χ0) is 24.8. The summed E-state index contributed by atoms with van der Waals surface area (Å²) in [5.41, 5.74) is 4.43. The molecular formula is C25H29N5O3S. The summed E-state index contributed by atoms with van der Waals surface area (Å²) < 4.78 is 0. The molecule has 34 heavy (non-hydrogen) atoms. The first kappa shape index (κ1) is 25.2. The summed E-state index contributed by atoms with van der Waals surface area (Å²) in [5.74, 6) is -0.335. The number of benzene rings is 2. The van der Waals surface area contributed by atoms with Crippen LogP contribution in [-0.4, -0.2) is 32.2 Å². The van der Waals surface area contributed by atoms with Gasteiger partial charge in [-0.2, -0.15) is 0 Å². The van der Waals surface area contributed by atoms with Gasteiger partial charge in [0, 0.05) is 17.7 Å². The van der Waals surface area contributed by atoms with Crippen LogP contribution < -0.4 is 16.2 Å². The van der Waals surface area contributed by atoms with E-state index in [0.717, 1.165) is 34.1 Å². The molecular weight excluding hydrogens is 450 g/mol. The van der Waals surface area contributed by atoms with Crippen molar-refractivity contribution in [3.63, 3.8) is 0 Å². The number of hydrogen-bond donors (Lipinski definition) is 3. The molecule has 0 aliphatic heterocycles. The van der Waals surface area contributed by atoms with Gasteiger partial charge in [-0.05, 0) is 56.5 Å². The molecule has 3 N–H and O–H groups in total. The van der Waals surface area contributed by atoms with Gasteiger partial charge < -0.3 is 10.6 Å². The summed E-state index contributed by atoms with van der Waals surface area (Å²) in [7, 11) is 0. The lowest BCUT2D eigenvalue weighted by Crippen LogP contribution is -2.26. The molecule has 1 aromatic heterocycles. The second kappa shape index (κ2) is 11.1. The number of carbonyl (C=O) groups excluding carboxylic acids is 2. The Morgan fingerprint density at radius 3 is 2.47 bits per heavy atom. The molecule has 0 unspecified atom stereocenters. The topological polar surface area (TPSA) is 117 Å². The van der Waals surface area contributed by atoms with Crippen molar-refractivity contribution in [1.29, 1.82) is 0 Å². The maximum absolute atomic E-state index is 12.9. The van der Waals surface area contributed by atoms with Crippen LogP contribution in [0.3, 0.4) is 0 Å². The van der Waals surface area contributed by atoms with E-state index in [0.29, 0.717) is 24.1 Å². The van der Waals surface area contributed by atoms with Crippen LogP contribution in [0.1, 0.15) is 43.4 Å². The lowest BCUT2D eigenvalue weighted by atomic mass is 10.1.